The SMILES string of the molecule is O=C(c1ccccc1)c1ccc2nc(NC(=O)C(F)(F)F)c(-c3ccc(Br)cc3)n2c1. The molecule has 0 aliphatic carbocycles. The van der Waals surface area contributed by atoms with Gasteiger partial charge < -0.3 is 5.32 Å². The largest absolute Gasteiger partial charge is 0.471 e. The van der Waals surface area contributed by atoms with Crippen LogP contribution in [0.2, 0.25) is 0 Å². The first-order chi connectivity index (χ1) is 14.7. The van der Waals surface area contributed by atoms with Crippen molar-refractivity contribution in [3.05, 3.63) is 88.5 Å². The van der Waals surface area contributed by atoms with Crippen molar-refractivity contribution >= 4 is 39.1 Å². The second kappa shape index (κ2) is 7.99. The van der Waals surface area contributed by atoms with Crippen LogP contribution in [0.15, 0.2) is 77.4 Å². The molecule has 0 saturated heterocycles. The maximum absolute atomic E-state index is 12.8. The maximum atomic E-state index is 12.8. The normalized spacial score (nSPS) is 11.5. The maximum Gasteiger partial charge on any atom is 0.471 e. The molecule has 4 aromatic rings. The Kier molecular flexibility index (Phi) is 5.36. The van der Waals surface area contributed by atoms with E-state index < -0.39 is 12.1 Å². The fourth-order valence-electron chi connectivity index (χ4n) is 3.08. The number of rotatable bonds is 4. The molecule has 2 heterocycles. The highest BCUT2D eigenvalue weighted by molar-refractivity contribution is 9.10. The molecule has 0 bridgehead atoms. The Labute approximate surface area is 182 Å². The summed E-state index contributed by atoms with van der Waals surface area (Å²) in [4.78, 5) is 28.5. The van der Waals surface area contributed by atoms with Crippen molar-refractivity contribution in [1.29, 1.82) is 0 Å². The first-order valence-corrected chi connectivity index (χ1v) is 9.79. The summed E-state index contributed by atoms with van der Waals surface area (Å²) in [7, 11) is 0. The van der Waals surface area contributed by atoms with E-state index in [0.717, 1.165) is 4.47 Å². The molecule has 9 heteroatoms. The third-order valence-corrected chi connectivity index (χ3v) is 5.05. The summed E-state index contributed by atoms with van der Waals surface area (Å²) in [6.07, 6.45) is -3.57. The number of anilines is 1. The van der Waals surface area contributed by atoms with Crippen LogP contribution in [0.5, 0.6) is 0 Å². The topological polar surface area (TPSA) is 63.5 Å². The highest BCUT2D eigenvalue weighted by Crippen LogP contribution is 2.32. The second-order valence-electron chi connectivity index (χ2n) is 6.61. The predicted molar refractivity (Wildman–Crippen MR) is 113 cm³/mol. The van der Waals surface area contributed by atoms with Gasteiger partial charge in [-0.1, -0.05) is 58.4 Å². The molecule has 0 unspecified atom stereocenters. The zero-order valence-corrected chi connectivity index (χ0v) is 17.2. The molecule has 0 atom stereocenters. The molecule has 0 aliphatic heterocycles. The number of nitrogens with zero attached hydrogens (tertiary/aromatic N) is 2. The van der Waals surface area contributed by atoms with Crippen molar-refractivity contribution in [3.63, 3.8) is 0 Å². The number of carbonyl (C=O) groups is 2. The van der Waals surface area contributed by atoms with Gasteiger partial charge in [0.2, 0.25) is 0 Å². The molecular weight excluding hydrogens is 475 g/mol. The first-order valence-electron chi connectivity index (χ1n) is 9.00. The molecule has 0 aliphatic rings. The molecule has 0 radical (unpaired) electrons. The lowest BCUT2D eigenvalue weighted by molar-refractivity contribution is -0.167. The fraction of sp³-hybridized carbons (Fsp3) is 0.0455. The van der Waals surface area contributed by atoms with Crippen LogP contribution in [0.25, 0.3) is 16.9 Å². The van der Waals surface area contributed by atoms with Crippen molar-refractivity contribution in [2.45, 2.75) is 6.18 Å². The molecule has 2 aromatic heterocycles. The number of benzene rings is 2. The average molecular weight is 488 g/mol. The first kappa shape index (κ1) is 20.8. The number of ketones is 1. The van der Waals surface area contributed by atoms with Crippen molar-refractivity contribution in [1.82, 2.24) is 9.38 Å². The highest BCUT2D eigenvalue weighted by atomic mass is 79.9. The summed E-state index contributed by atoms with van der Waals surface area (Å²) < 4.78 is 40.8. The summed E-state index contributed by atoms with van der Waals surface area (Å²) in [6.45, 7) is 0. The number of alkyl halides is 3. The van der Waals surface area contributed by atoms with Gasteiger partial charge in [-0.3, -0.25) is 14.0 Å². The number of fused-ring (bicyclic) bond motifs is 1. The molecule has 0 saturated carbocycles. The van der Waals surface area contributed by atoms with Gasteiger partial charge in [0.05, 0.1) is 5.69 Å². The number of carbonyl (C=O) groups excluding carboxylic acids is 2. The highest BCUT2D eigenvalue weighted by Gasteiger charge is 2.39. The van der Waals surface area contributed by atoms with E-state index in [1.807, 2.05) is 5.32 Å². The molecule has 0 spiro atoms. The van der Waals surface area contributed by atoms with Gasteiger partial charge in [-0.25, -0.2) is 4.98 Å². The Morgan fingerprint density at radius 1 is 0.903 bits per heavy atom. The van der Waals surface area contributed by atoms with Crippen molar-refractivity contribution < 1.29 is 22.8 Å². The molecule has 5 nitrogen and oxygen atoms in total. The number of pyridine rings is 1. The third-order valence-electron chi connectivity index (χ3n) is 4.52. The van der Waals surface area contributed by atoms with E-state index in [0.29, 0.717) is 16.7 Å². The van der Waals surface area contributed by atoms with Gasteiger partial charge in [-0.2, -0.15) is 13.2 Å². The lowest BCUT2D eigenvalue weighted by Crippen LogP contribution is -2.30. The monoisotopic (exact) mass is 487 g/mol. The Bertz CT molecular complexity index is 1280. The summed E-state index contributed by atoms with van der Waals surface area (Å²) in [5, 5.41) is 1.84. The van der Waals surface area contributed by atoms with Crippen LogP contribution >= 0.6 is 15.9 Å². The van der Waals surface area contributed by atoms with E-state index in [1.54, 1.807) is 60.7 Å². The average Bonchev–Trinajstić information content (AvgIpc) is 3.10. The summed E-state index contributed by atoms with van der Waals surface area (Å²) in [5.74, 6) is -2.64. The van der Waals surface area contributed by atoms with Crippen LogP contribution in [0.1, 0.15) is 15.9 Å². The van der Waals surface area contributed by atoms with Gasteiger partial charge in [0.25, 0.3) is 0 Å². The van der Waals surface area contributed by atoms with Gasteiger partial charge >= 0.3 is 12.1 Å². The predicted octanol–water partition coefficient (Wildman–Crippen LogP) is 5.50. The third kappa shape index (κ3) is 4.22. The van der Waals surface area contributed by atoms with Gasteiger partial charge in [0.15, 0.2) is 11.6 Å². The van der Waals surface area contributed by atoms with Crippen LogP contribution in [-0.2, 0) is 4.79 Å². The molecule has 31 heavy (non-hydrogen) atoms. The molecule has 1 amide bonds. The van der Waals surface area contributed by atoms with Crippen LogP contribution < -0.4 is 5.32 Å². The fourth-order valence-corrected chi connectivity index (χ4v) is 3.35. The van der Waals surface area contributed by atoms with Gasteiger partial charge in [0.1, 0.15) is 5.65 Å². The van der Waals surface area contributed by atoms with E-state index >= 15 is 0 Å². The van der Waals surface area contributed by atoms with Gasteiger partial charge in [-0.15, -0.1) is 0 Å². The zero-order chi connectivity index (χ0) is 22.2. The summed E-state index contributed by atoms with van der Waals surface area (Å²) in [6, 6.07) is 18.4. The van der Waals surface area contributed by atoms with Crippen LogP contribution in [-0.4, -0.2) is 27.3 Å². The van der Waals surface area contributed by atoms with E-state index in [1.165, 1.54) is 16.7 Å². The number of hydrogen-bond acceptors (Lipinski definition) is 3. The second-order valence-corrected chi connectivity index (χ2v) is 7.52. The quantitative estimate of drug-likeness (QED) is 0.387. The number of hydrogen-bond donors (Lipinski definition) is 1. The van der Waals surface area contributed by atoms with Crippen molar-refractivity contribution in [3.8, 4) is 11.3 Å². The zero-order valence-electron chi connectivity index (χ0n) is 15.7. The Balaban J connectivity index is 1.87. The molecule has 2 aromatic carbocycles. The van der Waals surface area contributed by atoms with Crippen LogP contribution in [0.3, 0.4) is 0 Å². The minimum atomic E-state index is -5.07. The van der Waals surface area contributed by atoms with Crippen LogP contribution in [0, 0.1) is 0 Å². The van der Waals surface area contributed by atoms with Crippen LogP contribution in [0.4, 0.5) is 19.0 Å². The van der Waals surface area contributed by atoms with E-state index in [2.05, 4.69) is 20.9 Å². The van der Waals surface area contributed by atoms with Gasteiger partial charge in [-0.05, 0) is 24.3 Å². The van der Waals surface area contributed by atoms with Crippen molar-refractivity contribution in [2.75, 3.05) is 5.32 Å². The minimum absolute atomic E-state index is 0.225. The molecule has 156 valence electrons. The molecule has 4 rings (SSSR count). The number of amides is 1. The molecule has 1 N–H and O–H groups in total. The van der Waals surface area contributed by atoms with E-state index in [9.17, 15) is 22.8 Å². The Morgan fingerprint density at radius 2 is 1.58 bits per heavy atom. The lowest BCUT2D eigenvalue weighted by atomic mass is 10.1. The summed E-state index contributed by atoms with van der Waals surface area (Å²) in [5.41, 5.74) is 1.81. The Morgan fingerprint density at radius 3 is 2.23 bits per heavy atom. The number of aromatic nitrogens is 2. The number of nitrogens with one attached hydrogen (secondary N) is 1. The smallest absolute Gasteiger partial charge is 0.301 e. The van der Waals surface area contributed by atoms with E-state index in [4.69, 9.17) is 0 Å². The van der Waals surface area contributed by atoms with E-state index in [-0.39, 0.29) is 22.9 Å². The standard InChI is InChI=1S/C22H13BrF3N3O2/c23-16-9-6-13(7-10-16)18-20(28-21(31)22(24,25)26)27-17-11-8-15(12-29(17)18)19(30)14-4-2-1-3-5-14/h1-12H,(H,28,31). The number of imidazole rings is 1. The lowest BCUT2D eigenvalue weighted by Gasteiger charge is -2.09. The van der Waals surface area contributed by atoms with Crippen molar-refractivity contribution in [2.24, 2.45) is 0 Å². The molecular formula is C22H13BrF3N3O2. The van der Waals surface area contributed by atoms with Gasteiger partial charge in [0, 0.05) is 27.4 Å². The number of halogens is 4. The Hall–Kier alpha value is -3.46. The minimum Gasteiger partial charge on any atom is -0.301 e. The molecule has 0 fully saturated rings. The summed E-state index contributed by atoms with van der Waals surface area (Å²) >= 11 is 3.31.